The first-order valence-corrected chi connectivity index (χ1v) is 8.58. The summed E-state index contributed by atoms with van der Waals surface area (Å²) in [5.41, 5.74) is 5.38. The van der Waals surface area contributed by atoms with E-state index in [2.05, 4.69) is 4.74 Å². The number of nitrogens with zero attached hydrogens (tertiary/aromatic N) is 1. The van der Waals surface area contributed by atoms with E-state index in [0.717, 1.165) is 37.0 Å². The van der Waals surface area contributed by atoms with Crippen LogP contribution in [0, 0.1) is 17.8 Å². The Hall–Kier alpha value is -0.0200. The summed E-state index contributed by atoms with van der Waals surface area (Å²) in [6.45, 7) is 4.06. The van der Waals surface area contributed by atoms with Crippen molar-refractivity contribution in [1.82, 2.24) is 0 Å². The van der Waals surface area contributed by atoms with Crippen LogP contribution in [0.5, 0.6) is 0 Å². The van der Waals surface area contributed by atoms with Gasteiger partial charge in [-0.3, -0.25) is 0 Å². The van der Waals surface area contributed by atoms with Crippen molar-refractivity contribution in [3.8, 4) is 0 Å². The molecule has 4 fully saturated rings. The average molecular weight is 284 g/mol. The van der Waals surface area contributed by atoms with E-state index in [0.29, 0.717) is 6.61 Å². The molecule has 108 valence electrons. The van der Waals surface area contributed by atoms with Crippen LogP contribution in [0.2, 0.25) is 0 Å². The molecule has 0 heterocycles. The van der Waals surface area contributed by atoms with Gasteiger partial charge in [-0.15, -0.1) is 0 Å². The second kappa shape index (κ2) is 4.77. The lowest BCUT2D eigenvalue weighted by Crippen LogP contribution is -2.49. The lowest BCUT2D eigenvalue weighted by atomic mass is 9.53. The van der Waals surface area contributed by atoms with Crippen molar-refractivity contribution in [1.29, 1.82) is 0 Å². The molecule has 2 N–H and O–H groups in total. The molecule has 1 atom stereocenters. The summed E-state index contributed by atoms with van der Waals surface area (Å²) in [5, 5.41) is 0. The maximum absolute atomic E-state index is 12.1. The number of hydrogen-bond acceptors (Lipinski definition) is 4. The standard InChI is InChI=1S/C14H25N2O2P/c1-13(2,15)9-18-19(17)16-14-6-10-3-11(7-14)5-12(4-10)8-14/h10-12H,3-9,15H2,1-2H3. The second-order valence-corrected chi connectivity index (χ2v) is 8.68. The predicted molar refractivity (Wildman–Crippen MR) is 74.5 cm³/mol. The van der Waals surface area contributed by atoms with Gasteiger partial charge in [0, 0.05) is 5.54 Å². The highest BCUT2D eigenvalue weighted by Crippen LogP contribution is 2.58. The molecule has 0 aromatic rings. The first-order chi connectivity index (χ1) is 8.84. The van der Waals surface area contributed by atoms with Crippen LogP contribution in [0.25, 0.3) is 0 Å². The van der Waals surface area contributed by atoms with Crippen LogP contribution in [0.1, 0.15) is 52.4 Å². The van der Waals surface area contributed by atoms with E-state index in [1.165, 1.54) is 19.3 Å². The molecule has 4 bridgehead atoms. The lowest BCUT2D eigenvalue weighted by Gasteiger charge is -2.53. The predicted octanol–water partition coefficient (Wildman–Crippen LogP) is 2.56. The van der Waals surface area contributed by atoms with Gasteiger partial charge >= 0.3 is 8.17 Å². The van der Waals surface area contributed by atoms with Crippen molar-refractivity contribution in [3.63, 3.8) is 0 Å². The molecular weight excluding hydrogens is 259 g/mol. The number of nitrogens with two attached hydrogens (primary N) is 1. The summed E-state index contributed by atoms with van der Waals surface area (Å²) < 4.78 is 9.97. The first kappa shape index (κ1) is 13.9. The number of hydrogen-bond donors (Lipinski definition) is 1. The van der Waals surface area contributed by atoms with Crippen molar-refractivity contribution in [2.45, 2.75) is 63.5 Å². The Morgan fingerprint density at radius 2 is 1.68 bits per heavy atom. The van der Waals surface area contributed by atoms with Crippen LogP contribution in [0.4, 0.5) is 0 Å². The summed E-state index contributed by atoms with van der Waals surface area (Å²) in [7, 11) is -1.91. The molecule has 0 spiro atoms. The Bertz CT molecular complexity index is 354. The number of rotatable bonds is 4. The Morgan fingerprint density at radius 3 is 2.11 bits per heavy atom. The van der Waals surface area contributed by atoms with Crippen molar-refractivity contribution in [3.05, 3.63) is 0 Å². The summed E-state index contributed by atoms with van der Waals surface area (Å²) in [5.74, 6) is 2.47. The van der Waals surface area contributed by atoms with E-state index in [9.17, 15) is 4.89 Å². The van der Waals surface area contributed by atoms with Gasteiger partial charge in [0.2, 0.25) is 0 Å². The molecule has 0 aliphatic heterocycles. The van der Waals surface area contributed by atoms with E-state index in [1.807, 2.05) is 13.8 Å². The SMILES string of the molecule is CC(C)(N)CO[P+]([O-])=NC12CC3CC(CC(C3)C1)C2. The van der Waals surface area contributed by atoms with Crippen molar-refractivity contribution in [2.75, 3.05) is 6.61 Å². The molecule has 0 radical (unpaired) electrons. The third-order valence-corrected chi connectivity index (χ3v) is 5.78. The Balaban J connectivity index is 1.68. The van der Waals surface area contributed by atoms with Crippen molar-refractivity contribution >= 4 is 8.17 Å². The molecule has 19 heavy (non-hydrogen) atoms. The molecule has 0 aromatic heterocycles. The highest BCUT2D eigenvalue weighted by atomic mass is 31.1. The second-order valence-electron chi connectivity index (χ2n) is 7.74. The van der Waals surface area contributed by atoms with Crippen molar-refractivity contribution < 1.29 is 9.42 Å². The van der Waals surface area contributed by atoms with Crippen molar-refractivity contribution in [2.24, 2.45) is 28.2 Å². The van der Waals surface area contributed by atoms with Crippen LogP contribution in [-0.4, -0.2) is 17.7 Å². The molecule has 0 saturated heterocycles. The average Bonchev–Trinajstić information content (AvgIpc) is 2.22. The van der Waals surface area contributed by atoms with Gasteiger partial charge in [-0.1, -0.05) is 4.74 Å². The summed E-state index contributed by atoms with van der Waals surface area (Å²) in [6.07, 6.45) is 7.53. The van der Waals surface area contributed by atoms with E-state index in [4.69, 9.17) is 10.3 Å². The fourth-order valence-electron chi connectivity index (χ4n) is 4.61. The molecule has 4 aliphatic rings. The summed E-state index contributed by atoms with van der Waals surface area (Å²) >= 11 is 0. The van der Waals surface area contributed by atoms with Crippen LogP contribution in [-0.2, 0) is 4.52 Å². The Labute approximate surface area is 116 Å². The minimum Gasteiger partial charge on any atom is -0.584 e. The lowest BCUT2D eigenvalue weighted by molar-refractivity contribution is -0.177. The topological polar surface area (TPSA) is 70.7 Å². The third-order valence-electron chi connectivity index (χ3n) is 4.85. The largest absolute Gasteiger partial charge is 0.584 e. The van der Waals surface area contributed by atoms with Gasteiger partial charge in [0.05, 0.1) is 0 Å². The molecule has 4 rings (SSSR count). The molecule has 4 aliphatic carbocycles. The minimum atomic E-state index is -1.91. The Morgan fingerprint density at radius 1 is 1.21 bits per heavy atom. The normalized spacial score (nSPS) is 41.9. The molecule has 0 amide bonds. The van der Waals surface area contributed by atoms with Crippen LogP contribution in [0.3, 0.4) is 0 Å². The van der Waals surface area contributed by atoms with Gasteiger partial charge in [0.25, 0.3) is 0 Å². The zero-order chi connectivity index (χ0) is 13.7. The molecule has 1 unspecified atom stereocenters. The van der Waals surface area contributed by atoms with Gasteiger partial charge in [-0.25, -0.2) is 0 Å². The van der Waals surface area contributed by atoms with E-state index in [1.54, 1.807) is 0 Å². The van der Waals surface area contributed by atoms with Gasteiger partial charge in [-0.05, 0) is 70.1 Å². The zero-order valence-corrected chi connectivity index (χ0v) is 12.9. The summed E-state index contributed by atoms with van der Waals surface area (Å²) in [6, 6.07) is 0. The first-order valence-electron chi connectivity index (χ1n) is 7.45. The van der Waals surface area contributed by atoms with E-state index in [-0.39, 0.29) is 5.54 Å². The molecular formula is C14H25N2O2P. The van der Waals surface area contributed by atoms with E-state index >= 15 is 0 Å². The quantitative estimate of drug-likeness (QED) is 0.806. The molecule has 0 aromatic carbocycles. The fourth-order valence-corrected chi connectivity index (χ4v) is 5.70. The Kier molecular flexibility index (Phi) is 3.50. The molecule has 4 saturated carbocycles. The maximum atomic E-state index is 12.1. The monoisotopic (exact) mass is 284 g/mol. The molecule has 5 heteroatoms. The van der Waals surface area contributed by atoms with Gasteiger partial charge in [-0.2, -0.15) is 4.52 Å². The highest BCUT2D eigenvalue weighted by molar-refractivity contribution is 7.33. The van der Waals surface area contributed by atoms with Gasteiger partial charge < -0.3 is 10.6 Å². The third kappa shape index (κ3) is 3.18. The smallest absolute Gasteiger partial charge is 0.342 e. The van der Waals surface area contributed by atoms with Gasteiger partial charge in [0.1, 0.15) is 12.1 Å². The van der Waals surface area contributed by atoms with Crippen LogP contribution >= 0.6 is 8.17 Å². The maximum Gasteiger partial charge on any atom is 0.342 e. The minimum absolute atomic E-state index is 0.0268. The van der Waals surface area contributed by atoms with Gasteiger partial charge in [0.15, 0.2) is 0 Å². The van der Waals surface area contributed by atoms with Crippen LogP contribution < -0.4 is 10.6 Å². The summed E-state index contributed by atoms with van der Waals surface area (Å²) in [4.78, 5) is 12.1. The molecule has 4 nitrogen and oxygen atoms in total. The van der Waals surface area contributed by atoms with E-state index < -0.39 is 13.7 Å². The van der Waals surface area contributed by atoms with Crippen LogP contribution in [0.15, 0.2) is 4.74 Å². The highest BCUT2D eigenvalue weighted by Gasteiger charge is 2.52. The fraction of sp³-hybridized carbons (Fsp3) is 1.00. The zero-order valence-electron chi connectivity index (χ0n) is 12.0.